The second-order valence-corrected chi connectivity index (χ2v) is 8.13. The number of carboxylic acid groups (broad SMARTS) is 1. The normalized spacial score (nSPS) is 26.1. The molecule has 17 nitrogen and oxygen atoms in total. The molecule has 0 saturated carbocycles. The van der Waals surface area contributed by atoms with E-state index in [1.54, 1.807) is 0 Å². The van der Waals surface area contributed by atoms with Crippen molar-refractivity contribution in [3.8, 4) is 0 Å². The highest BCUT2D eigenvalue weighted by Crippen LogP contribution is 2.26. The van der Waals surface area contributed by atoms with E-state index >= 15 is 0 Å². The molecule has 0 saturated heterocycles. The summed E-state index contributed by atoms with van der Waals surface area (Å²) in [5.74, 6) is -2.82. The third-order valence-electron chi connectivity index (χ3n) is 3.61. The van der Waals surface area contributed by atoms with Crippen molar-refractivity contribution in [2.75, 3.05) is 6.61 Å². The lowest BCUT2D eigenvalue weighted by Gasteiger charge is -2.37. The van der Waals surface area contributed by atoms with Gasteiger partial charge in [0, 0.05) is 0 Å². The standard InChI is InChI=1S/C12H19NO16S2/c14-2-4(13-30(21,22)23)8(18)9(6(17)3-15)28-12-10(29-31(24,25)26)5(16)1-7(27-12)11(19)20/h1-2,4-6,8-10,12-13,15-18H,3H2,(H,19,20)(H,21,22,23)(H,24,25,26). The molecule has 1 rings (SSSR count). The van der Waals surface area contributed by atoms with Gasteiger partial charge < -0.3 is 39.8 Å². The average molecular weight is 497 g/mol. The van der Waals surface area contributed by atoms with Gasteiger partial charge in [0.05, 0.1) is 6.61 Å². The number of rotatable bonds is 12. The first-order chi connectivity index (χ1) is 14.1. The molecular formula is C12H19NO16S2. The van der Waals surface area contributed by atoms with Gasteiger partial charge in [0.1, 0.15) is 36.7 Å². The van der Waals surface area contributed by atoms with E-state index in [1.165, 1.54) is 4.72 Å². The lowest BCUT2D eigenvalue weighted by atomic mass is 10.0. The maximum Gasteiger partial charge on any atom is 0.397 e. The van der Waals surface area contributed by atoms with E-state index in [4.69, 9.17) is 28.8 Å². The van der Waals surface area contributed by atoms with Gasteiger partial charge in [-0.15, -0.1) is 0 Å². The van der Waals surface area contributed by atoms with E-state index in [0.29, 0.717) is 6.08 Å². The zero-order valence-corrected chi connectivity index (χ0v) is 16.7. The quantitative estimate of drug-likeness (QED) is 0.0924. The van der Waals surface area contributed by atoms with Crippen LogP contribution in [0.4, 0.5) is 0 Å². The monoisotopic (exact) mass is 497 g/mol. The first-order valence-corrected chi connectivity index (χ1v) is 10.7. The number of ether oxygens (including phenoxy) is 2. The third kappa shape index (κ3) is 8.34. The average Bonchev–Trinajstić information content (AvgIpc) is 2.63. The summed E-state index contributed by atoms with van der Waals surface area (Å²) in [4.78, 5) is 22.2. The van der Waals surface area contributed by atoms with Crippen LogP contribution in [0.3, 0.4) is 0 Å². The Hall–Kier alpha value is -1.78. The van der Waals surface area contributed by atoms with Crippen LogP contribution >= 0.6 is 0 Å². The van der Waals surface area contributed by atoms with E-state index in [-0.39, 0.29) is 6.29 Å². The number of hydrogen-bond donors (Lipinski definition) is 8. The SMILES string of the molecule is O=CC(NS(=O)(=O)O)C(O)C(OC1OC(C(=O)O)=CC(O)C1OS(=O)(=O)O)C(O)CO. The molecule has 0 aromatic rings. The molecule has 1 aliphatic rings. The number of aliphatic carboxylic acids is 1. The van der Waals surface area contributed by atoms with Gasteiger partial charge in [-0.1, -0.05) is 0 Å². The van der Waals surface area contributed by atoms with Crippen molar-refractivity contribution in [3.63, 3.8) is 0 Å². The summed E-state index contributed by atoms with van der Waals surface area (Å²) in [6.07, 6.45) is -13.3. The van der Waals surface area contributed by atoms with Crippen LogP contribution in [0.5, 0.6) is 0 Å². The number of aliphatic hydroxyl groups is 4. The first kappa shape index (κ1) is 27.3. The number of hydrogen-bond acceptors (Lipinski definition) is 13. The fraction of sp³-hybridized carbons (Fsp3) is 0.667. The van der Waals surface area contributed by atoms with Crippen LogP contribution < -0.4 is 4.72 Å². The molecule has 0 spiro atoms. The number of carboxylic acids is 1. The molecule has 0 aliphatic carbocycles. The fourth-order valence-corrected chi connectivity index (χ4v) is 3.35. The number of nitrogens with one attached hydrogen (secondary N) is 1. The minimum atomic E-state index is -5.31. The van der Waals surface area contributed by atoms with Gasteiger partial charge in [0.15, 0.2) is 6.10 Å². The van der Waals surface area contributed by atoms with E-state index < -0.39 is 81.9 Å². The highest BCUT2D eigenvalue weighted by atomic mass is 32.3. The van der Waals surface area contributed by atoms with E-state index in [2.05, 4.69) is 4.18 Å². The topological polar surface area (TPSA) is 284 Å². The Morgan fingerprint density at radius 1 is 1.26 bits per heavy atom. The Balaban J connectivity index is 3.31. The summed E-state index contributed by atoms with van der Waals surface area (Å²) in [7, 11) is -10.4. The minimum Gasteiger partial charge on any atom is -0.475 e. The maximum absolute atomic E-state index is 11.1. The highest BCUT2D eigenvalue weighted by molar-refractivity contribution is 7.83. The summed E-state index contributed by atoms with van der Waals surface area (Å²) in [6.45, 7) is -1.21. The third-order valence-corrected chi connectivity index (χ3v) is 4.64. The number of aliphatic hydroxyl groups excluding tert-OH is 4. The lowest BCUT2D eigenvalue weighted by molar-refractivity contribution is -0.251. The Morgan fingerprint density at radius 3 is 2.26 bits per heavy atom. The van der Waals surface area contributed by atoms with Crippen molar-refractivity contribution in [2.24, 2.45) is 0 Å². The highest BCUT2D eigenvalue weighted by Gasteiger charge is 2.45. The molecule has 0 amide bonds. The second-order valence-electron chi connectivity index (χ2n) is 5.90. The summed E-state index contributed by atoms with van der Waals surface area (Å²) in [5, 5.41) is 48.1. The molecule has 0 radical (unpaired) electrons. The number of carbonyl (C=O) groups is 2. The summed E-state index contributed by atoms with van der Waals surface area (Å²) in [5.41, 5.74) is 0. The van der Waals surface area contributed by atoms with Gasteiger partial charge >= 0.3 is 26.7 Å². The molecule has 0 aromatic carbocycles. The summed E-state index contributed by atoms with van der Waals surface area (Å²) >= 11 is 0. The molecule has 1 aliphatic heterocycles. The molecule has 0 bridgehead atoms. The molecule has 8 N–H and O–H groups in total. The Labute approximate surface area is 174 Å². The molecule has 7 unspecified atom stereocenters. The molecular weight excluding hydrogens is 478 g/mol. The van der Waals surface area contributed by atoms with Crippen molar-refractivity contribution in [2.45, 2.75) is 42.9 Å². The molecule has 19 heteroatoms. The minimum absolute atomic E-state index is 0.246. The van der Waals surface area contributed by atoms with E-state index in [0.717, 1.165) is 0 Å². The first-order valence-electron chi connectivity index (χ1n) is 7.87. The van der Waals surface area contributed by atoms with E-state index in [1.807, 2.05) is 0 Å². The van der Waals surface area contributed by atoms with Crippen LogP contribution in [0, 0.1) is 0 Å². The zero-order valence-electron chi connectivity index (χ0n) is 15.0. The van der Waals surface area contributed by atoms with Gasteiger partial charge in [0.2, 0.25) is 12.0 Å². The van der Waals surface area contributed by atoms with Crippen LogP contribution in [-0.4, -0.2) is 113 Å². The van der Waals surface area contributed by atoms with Gasteiger partial charge in [-0.3, -0.25) is 9.11 Å². The predicted molar refractivity (Wildman–Crippen MR) is 91.5 cm³/mol. The van der Waals surface area contributed by atoms with Crippen molar-refractivity contribution in [1.29, 1.82) is 0 Å². The summed E-state index contributed by atoms with van der Waals surface area (Å²) in [6, 6.07) is -2.20. The van der Waals surface area contributed by atoms with Gasteiger partial charge in [-0.2, -0.15) is 21.6 Å². The molecule has 31 heavy (non-hydrogen) atoms. The molecule has 0 aromatic heterocycles. The van der Waals surface area contributed by atoms with Crippen LogP contribution in [0.25, 0.3) is 0 Å². The molecule has 7 atom stereocenters. The van der Waals surface area contributed by atoms with Crippen molar-refractivity contribution in [3.05, 3.63) is 11.8 Å². The van der Waals surface area contributed by atoms with Crippen LogP contribution in [0.15, 0.2) is 11.8 Å². The van der Waals surface area contributed by atoms with Crippen molar-refractivity contribution < 1.29 is 74.7 Å². The number of aldehydes is 1. The fourth-order valence-electron chi connectivity index (χ4n) is 2.32. The lowest BCUT2D eigenvalue weighted by Crippen LogP contribution is -2.57. The second kappa shape index (κ2) is 10.7. The smallest absolute Gasteiger partial charge is 0.397 e. The maximum atomic E-state index is 11.1. The largest absolute Gasteiger partial charge is 0.475 e. The van der Waals surface area contributed by atoms with Crippen molar-refractivity contribution >= 4 is 33.0 Å². The van der Waals surface area contributed by atoms with Crippen LogP contribution in [0.2, 0.25) is 0 Å². The number of carbonyl (C=O) groups excluding carboxylic acids is 1. The molecule has 0 fully saturated rings. The van der Waals surface area contributed by atoms with Gasteiger partial charge in [-0.05, 0) is 6.08 Å². The Morgan fingerprint density at radius 2 is 1.84 bits per heavy atom. The van der Waals surface area contributed by atoms with E-state index in [9.17, 15) is 41.7 Å². The van der Waals surface area contributed by atoms with Gasteiger partial charge in [0.25, 0.3) is 0 Å². The Bertz CT molecular complexity index is 884. The Kier molecular flexibility index (Phi) is 9.40. The predicted octanol–water partition coefficient (Wildman–Crippen LogP) is -5.08. The van der Waals surface area contributed by atoms with Gasteiger partial charge in [-0.25, -0.2) is 8.98 Å². The van der Waals surface area contributed by atoms with Crippen LogP contribution in [0.1, 0.15) is 0 Å². The van der Waals surface area contributed by atoms with Crippen molar-refractivity contribution in [1.82, 2.24) is 4.72 Å². The molecule has 180 valence electrons. The summed E-state index contributed by atoms with van der Waals surface area (Å²) < 4.78 is 76.6. The zero-order chi connectivity index (χ0) is 24.1. The molecule has 1 heterocycles. The van der Waals surface area contributed by atoms with Crippen LogP contribution in [-0.2, 0) is 43.9 Å².